The summed E-state index contributed by atoms with van der Waals surface area (Å²) in [5, 5.41) is 20.8. The van der Waals surface area contributed by atoms with E-state index in [4.69, 9.17) is 16.3 Å². The van der Waals surface area contributed by atoms with Gasteiger partial charge in [-0.1, -0.05) is 75.6 Å². The first-order valence-electron chi connectivity index (χ1n) is 11.2. The Labute approximate surface area is 190 Å². The van der Waals surface area contributed by atoms with Crippen LogP contribution < -0.4 is 4.74 Å². The Morgan fingerprint density at radius 2 is 1.87 bits per heavy atom. The molecule has 1 aromatic heterocycles. The van der Waals surface area contributed by atoms with E-state index in [1.54, 1.807) is 0 Å². The van der Waals surface area contributed by atoms with Gasteiger partial charge in [-0.25, -0.2) is 0 Å². The van der Waals surface area contributed by atoms with Crippen LogP contribution in [-0.2, 0) is 12.0 Å². The van der Waals surface area contributed by atoms with E-state index in [2.05, 4.69) is 41.6 Å². The molecule has 2 aromatic rings. The minimum Gasteiger partial charge on any atom is -0.487 e. The predicted octanol–water partition coefficient (Wildman–Crippen LogP) is 5.96. The molecule has 0 saturated heterocycles. The first-order chi connectivity index (χ1) is 14.8. The van der Waals surface area contributed by atoms with E-state index >= 15 is 0 Å². The molecule has 0 aliphatic carbocycles. The molecule has 1 aromatic carbocycles. The molecule has 5 nitrogen and oxygen atoms in total. The van der Waals surface area contributed by atoms with E-state index in [1.807, 2.05) is 43.3 Å². The fourth-order valence-electron chi connectivity index (χ4n) is 4.71. The van der Waals surface area contributed by atoms with E-state index in [0.29, 0.717) is 30.3 Å². The van der Waals surface area contributed by atoms with Crippen LogP contribution in [0.5, 0.6) is 5.75 Å². The largest absolute Gasteiger partial charge is 0.487 e. The van der Waals surface area contributed by atoms with Gasteiger partial charge in [-0.2, -0.15) is 0 Å². The molecule has 2 heterocycles. The van der Waals surface area contributed by atoms with Crippen LogP contribution in [0, 0.1) is 0 Å². The Hall–Kier alpha value is -2.11. The average Bonchev–Trinajstić information content (AvgIpc) is 3.03. The van der Waals surface area contributed by atoms with Crippen molar-refractivity contribution in [2.75, 3.05) is 6.61 Å². The maximum atomic E-state index is 11.0. The smallest absolute Gasteiger partial charge is 0.163 e. The maximum Gasteiger partial charge on any atom is 0.163 e. The number of hydrogen-bond acceptors (Lipinski definition) is 4. The number of hydrogen-bond donors (Lipinski definition) is 1. The normalized spacial score (nSPS) is 17.3. The van der Waals surface area contributed by atoms with Crippen LogP contribution in [0.2, 0.25) is 5.02 Å². The number of nitrogens with zero attached hydrogens (tertiary/aromatic N) is 3. The molecule has 6 heteroatoms. The van der Waals surface area contributed by atoms with Gasteiger partial charge in [0.1, 0.15) is 18.2 Å². The summed E-state index contributed by atoms with van der Waals surface area (Å²) in [6, 6.07) is 7.46. The van der Waals surface area contributed by atoms with Crippen molar-refractivity contribution in [1.29, 1.82) is 0 Å². The van der Waals surface area contributed by atoms with Crippen LogP contribution in [0.1, 0.15) is 71.4 Å². The predicted molar refractivity (Wildman–Crippen MR) is 126 cm³/mol. The highest BCUT2D eigenvalue weighted by Gasteiger charge is 2.39. The van der Waals surface area contributed by atoms with Crippen LogP contribution in [0.25, 0.3) is 5.57 Å². The molecular weight excluding hydrogens is 410 g/mol. The molecule has 3 rings (SSSR count). The third-order valence-electron chi connectivity index (χ3n) is 5.88. The third kappa shape index (κ3) is 5.58. The molecule has 1 aliphatic rings. The van der Waals surface area contributed by atoms with Gasteiger partial charge in [0.05, 0.1) is 10.6 Å². The summed E-state index contributed by atoms with van der Waals surface area (Å²) in [5.74, 6) is 2.39. The van der Waals surface area contributed by atoms with Gasteiger partial charge in [-0.15, -0.1) is 10.2 Å². The molecular formula is C25H34ClN3O2. The Morgan fingerprint density at radius 1 is 1.13 bits per heavy atom. The Balaban J connectivity index is 1.91. The van der Waals surface area contributed by atoms with Crippen molar-refractivity contribution in [2.24, 2.45) is 0 Å². The van der Waals surface area contributed by atoms with Gasteiger partial charge in [-0.3, -0.25) is 0 Å². The summed E-state index contributed by atoms with van der Waals surface area (Å²) in [5.41, 5.74) is -0.0603. The molecule has 168 valence electrons. The van der Waals surface area contributed by atoms with Crippen molar-refractivity contribution in [3.63, 3.8) is 0 Å². The molecule has 0 spiro atoms. The number of ether oxygens (including phenoxy) is 1. The highest BCUT2D eigenvalue weighted by molar-refractivity contribution is 6.32. The van der Waals surface area contributed by atoms with Gasteiger partial charge in [0.2, 0.25) is 0 Å². The fourth-order valence-corrected chi connectivity index (χ4v) is 4.90. The van der Waals surface area contributed by atoms with E-state index in [9.17, 15) is 5.11 Å². The standard InChI is InChI=1S/C25H34ClN3O2/c1-5-14-24(3,18-25(4,30)15-6-2)23-28-27-22-19(11-9-10-16-29(22)23)17-31-21-13-8-7-12-20(21)26/h7-13,30H,5-6,14-18H2,1-4H3. The second kappa shape index (κ2) is 10.0. The lowest BCUT2D eigenvalue weighted by atomic mass is 9.74. The number of aliphatic hydroxyl groups is 1. The molecule has 0 saturated carbocycles. The lowest BCUT2D eigenvalue weighted by molar-refractivity contribution is 0.0157. The van der Waals surface area contributed by atoms with Crippen LogP contribution in [0.15, 0.2) is 42.5 Å². The molecule has 0 radical (unpaired) electrons. The van der Waals surface area contributed by atoms with E-state index in [0.717, 1.165) is 42.9 Å². The third-order valence-corrected chi connectivity index (χ3v) is 6.19. The van der Waals surface area contributed by atoms with E-state index in [1.165, 1.54) is 0 Å². The zero-order valence-corrected chi connectivity index (χ0v) is 19.8. The monoisotopic (exact) mass is 443 g/mol. The highest BCUT2D eigenvalue weighted by atomic mass is 35.5. The van der Waals surface area contributed by atoms with Crippen LogP contribution in [0.4, 0.5) is 0 Å². The number of allylic oxidation sites excluding steroid dienone is 3. The zero-order chi connectivity index (χ0) is 22.5. The van der Waals surface area contributed by atoms with E-state index < -0.39 is 5.60 Å². The SMILES string of the molecule is CCCC(C)(O)CC(C)(CCC)c1nnc2n1CC=CC=C2COc1ccccc1Cl. The molecule has 0 bridgehead atoms. The molecule has 2 atom stereocenters. The van der Waals surface area contributed by atoms with Crippen LogP contribution >= 0.6 is 11.6 Å². The van der Waals surface area contributed by atoms with Crippen LogP contribution in [0.3, 0.4) is 0 Å². The van der Waals surface area contributed by atoms with Gasteiger partial charge in [0.15, 0.2) is 5.82 Å². The Kier molecular flexibility index (Phi) is 7.60. The average molecular weight is 444 g/mol. The summed E-state index contributed by atoms with van der Waals surface area (Å²) < 4.78 is 8.16. The summed E-state index contributed by atoms with van der Waals surface area (Å²) >= 11 is 6.24. The summed E-state index contributed by atoms with van der Waals surface area (Å²) in [4.78, 5) is 0. The minimum atomic E-state index is -0.739. The molecule has 2 unspecified atom stereocenters. The quantitative estimate of drug-likeness (QED) is 0.492. The lowest BCUT2D eigenvalue weighted by Crippen LogP contribution is -2.38. The van der Waals surface area contributed by atoms with Gasteiger partial charge in [0, 0.05) is 17.5 Å². The Bertz CT molecular complexity index is 948. The van der Waals surface area contributed by atoms with Crippen molar-refractivity contribution in [3.05, 3.63) is 59.2 Å². The minimum absolute atomic E-state index is 0.272. The van der Waals surface area contributed by atoms with Crippen molar-refractivity contribution in [1.82, 2.24) is 14.8 Å². The molecule has 0 amide bonds. The molecule has 0 fully saturated rings. The number of aromatic nitrogens is 3. The van der Waals surface area contributed by atoms with Gasteiger partial charge < -0.3 is 14.4 Å². The fraction of sp³-hybridized carbons (Fsp3) is 0.520. The number of fused-ring (bicyclic) bond motifs is 1. The number of rotatable bonds is 10. The number of para-hydroxylation sites is 1. The highest BCUT2D eigenvalue weighted by Crippen LogP contribution is 2.39. The molecule has 31 heavy (non-hydrogen) atoms. The van der Waals surface area contributed by atoms with Crippen molar-refractivity contribution in [2.45, 2.75) is 77.4 Å². The first-order valence-corrected chi connectivity index (χ1v) is 11.6. The second-order valence-corrected chi connectivity index (χ2v) is 9.44. The van der Waals surface area contributed by atoms with E-state index in [-0.39, 0.29) is 5.41 Å². The van der Waals surface area contributed by atoms with Crippen molar-refractivity contribution >= 4 is 17.2 Å². The molecule has 1 N–H and O–H groups in total. The number of halogens is 1. The number of benzene rings is 1. The van der Waals surface area contributed by atoms with Crippen molar-refractivity contribution < 1.29 is 9.84 Å². The summed E-state index contributed by atoms with van der Waals surface area (Å²) in [6.45, 7) is 9.47. The summed E-state index contributed by atoms with van der Waals surface area (Å²) in [7, 11) is 0. The van der Waals surface area contributed by atoms with Gasteiger partial charge in [0.25, 0.3) is 0 Å². The summed E-state index contributed by atoms with van der Waals surface area (Å²) in [6.07, 6.45) is 10.5. The van der Waals surface area contributed by atoms with Gasteiger partial charge in [-0.05, 0) is 38.3 Å². The lowest BCUT2D eigenvalue weighted by Gasteiger charge is -2.36. The zero-order valence-electron chi connectivity index (χ0n) is 19.1. The second-order valence-electron chi connectivity index (χ2n) is 9.03. The van der Waals surface area contributed by atoms with Crippen LogP contribution in [-0.4, -0.2) is 32.1 Å². The van der Waals surface area contributed by atoms with Gasteiger partial charge >= 0.3 is 0 Å². The van der Waals surface area contributed by atoms with Crippen molar-refractivity contribution in [3.8, 4) is 5.75 Å². The Morgan fingerprint density at radius 3 is 2.58 bits per heavy atom. The maximum absolute atomic E-state index is 11.0. The topological polar surface area (TPSA) is 60.2 Å². The molecule has 1 aliphatic heterocycles. The first kappa shape index (κ1) is 23.6.